The summed E-state index contributed by atoms with van der Waals surface area (Å²) in [4.78, 5) is 22.4. The van der Waals surface area contributed by atoms with Gasteiger partial charge in [0.15, 0.2) is 0 Å². The number of likely N-dealkylation sites (tertiary alicyclic amines) is 1. The third-order valence-corrected chi connectivity index (χ3v) is 5.98. The molecule has 152 valence electrons. The van der Waals surface area contributed by atoms with Crippen LogP contribution in [-0.4, -0.2) is 53.9 Å². The third kappa shape index (κ3) is 4.40. The number of fused-ring (bicyclic) bond motifs is 1. The molecule has 0 N–H and O–H groups in total. The third-order valence-electron chi connectivity index (χ3n) is 5.65. The van der Waals surface area contributed by atoms with Crippen LogP contribution in [-0.2, 0) is 0 Å². The summed E-state index contributed by atoms with van der Waals surface area (Å²) in [7, 11) is 4.05. The highest BCUT2D eigenvalue weighted by atomic mass is 35.5. The molecule has 2 heterocycles. The number of carbonyl (C=O) groups is 1. The molecular weight excluding hydrogens is 405 g/mol. The van der Waals surface area contributed by atoms with Crippen LogP contribution in [0.3, 0.4) is 0 Å². The van der Waals surface area contributed by atoms with Crippen LogP contribution in [0.5, 0.6) is 0 Å². The summed E-state index contributed by atoms with van der Waals surface area (Å²) >= 11 is 6.40. The molecule has 0 aliphatic carbocycles. The lowest BCUT2D eigenvalue weighted by molar-refractivity contribution is -0.0000163. The molecule has 1 saturated heterocycles. The minimum Gasteiger partial charge on any atom is -1.00 e. The molecule has 0 radical (unpaired) electrons. The Kier molecular flexibility index (Phi) is 6.78. The molecule has 0 saturated carbocycles. The summed E-state index contributed by atoms with van der Waals surface area (Å²) in [6.07, 6.45) is 2.00. The number of para-hydroxylation sites is 1. The summed E-state index contributed by atoms with van der Waals surface area (Å²) < 4.78 is 0. The first-order valence-corrected chi connectivity index (χ1v) is 10.0. The van der Waals surface area contributed by atoms with Crippen molar-refractivity contribution in [2.75, 3.05) is 27.2 Å². The van der Waals surface area contributed by atoms with E-state index >= 15 is 0 Å². The Morgan fingerprint density at radius 1 is 1.10 bits per heavy atom. The van der Waals surface area contributed by atoms with E-state index in [4.69, 9.17) is 16.6 Å². The van der Waals surface area contributed by atoms with Gasteiger partial charge in [-0.3, -0.25) is 4.79 Å². The Bertz CT molecular complexity index is 1020. The van der Waals surface area contributed by atoms with Crippen molar-refractivity contribution >= 4 is 28.4 Å². The highest BCUT2D eigenvalue weighted by Gasteiger charge is 2.26. The molecule has 0 bridgehead atoms. The van der Waals surface area contributed by atoms with Gasteiger partial charge >= 0.3 is 0 Å². The summed E-state index contributed by atoms with van der Waals surface area (Å²) in [6, 6.07) is 17.6. The van der Waals surface area contributed by atoms with E-state index in [1.165, 1.54) is 0 Å². The molecule has 29 heavy (non-hydrogen) atoms. The largest absolute Gasteiger partial charge is 1.00 e. The van der Waals surface area contributed by atoms with E-state index in [2.05, 4.69) is 11.9 Å². The van der Waals surface area contributed by atoms with E-state index in [0.717, 1.165) is 48.1 Å². The second-order valence-electron chi connectivity index (χ2n) is 7.50. The monoisotopic (exact) mass is 428 g/mol. The van der Waals surface area contributed by atoms with Crippen molar-refractivity contribution in [3.8, 4) is 11.3 Å². The molecule has 4 nitrogen and oxygen atoms in total. The average Bonchev–Trinajstić information content (AvgIpc) is 2.73. The smallest absolute Gasteiger partial charge is 0.254 e. The van der Waals surface area contributed by atoms with Gasteiger partial charge in [0.05, 0.1) is 16.8 Å². The van der Waals surface area contributed by atoms with Gasteiger partial charge in [-0.25, -0.2) is 4.98 Å². The van der Waals surface area contributed by atoms with Crippen LogP contribution in [0, 0.1) is 0 Å². The van der Waals surface area contributed by atoms with E-state index < -0.39 is 0 Å². The van der Waals surface area contributed by atoms with Crippen LogP contribution >= 0.6 is 11.6 Å². The molecule has 1 aliphatic heterocycles. The molecule has 0 atom stereocenters. The molecular formula is C23H24Cl2N3O-. The second-order valence-corrected chi connectivity index (χ2v) is 7.91. The van der Waals surface area contributed by atoms with E-state index in [1.54, 1.807) is 0 Å². The summed E-state index contributed by atoms with van der Waals surface area (Å²) in [5, 5.41) is 1.51. The zero-order valence-electron chi connectivity index (χ0n) is 16.6. The molecule has 3 aromatic rings. The fourth-order valence-electron chi connectivity index (χ4n) is 3.90. The van der Waals surface area contributed by atoms with Gasteiger partial charge in [0, 0.05) is 29.1 Å². The van der Waals surface area contributed by atoms with E-state index in [9.17, 15) is 4.79 Å². The molecule has 0 unspecified atom stereocenters. The average molecular weight is 429 g/mol. The van der Waals surface area contributed by atoms with Gasteiger partial charge in [-0.1, -0.05) is 48.0 Å². The van der Waals surface area contributed by atoms with E-state index in [1.807, 2.05) is 66.5 Å². The minimum absolute atomic E-state index is 0. The van der Waals surface area contributed by atoms with Crippen molar-refractivity contribution in [3.05, 3.63) is 65.2 Å². The summed E-state index contributed by atoms with van der Waals surface area (Å²) in [5.41, 5.74) is 3.05. The predicted octanol–water partition coefficient (Wildman–Crippen LogP) is 1.73. The van der Waals surface area contributed by atoms with Crippen molar-refractivity contribution in [1.29, 1.82) is 0 Å². The second kappa shape index (κ2) is 9.12. The maximum atomic E-state index is 13.5. The molecule has 4 rings (SSSR count). The number of aromatic nitrogens is 1. The predicted molar refractivity (Wildman–Crippen MR) is 115 cm³/mol. The standard InChI is InChI=1S/C23H24ClN3O.ClH/c1-26-13-11-16(12-14-26)27(2)23(28)19-15-22(18-8-3-5-9-20(18)24)25-21-10-6-4-7-17(19)21;/h3-10,15-16H,11-14H2,1-2H3;1H/p-1. The van der Waals surface area contributed by atoms with Crippen LogP contribution < -0.4 is 12.4 Å². The van der Waals surface area contributed by atoms with Gasteiger partial charge in [0.1, 0.15) is 0 Å². The van der Waals surface area contributed by atoms with Crippen LogP contribution in [0.15, 0.2) is 54.6 Å². The van der Waals surface area contributed by atoms with Crippen molar-refractivity contribution < 1.29 is 17.2 Å². The molecule has 1 aromatic heterocycles. The number of rotatable bonds is 3. The van der Waals surface area contributed by atoms with Crippen LogP contribution in [0.1, 0.15) is 23.2 Å². The molecule has 0 spiro atoms. The van der Waals surface area contributed by atoms with Crippen molar-refractivity contribution in [1.82, 2.24) is 14.8 Å². The number of piperidine rings is 1. The Morgan fingerprint density at radius 2 is 1.76 bits per heavy atom. The number of hydrogen-bond donors (Lipinski definition) is 0. The normalized spacial score (nSPS) is 15.1. The van der Waals surface area contributed by atoms with E-state index in [0.29, 0.717) is 10.6 Å². The Hall–Kier alpha value is -2.14. The van der Waals surface area contributed by atoms with Crippen LogP contribution in [0.4, 0.5) is 0 Å². The lowest BCUT2D eigenvalue weighted by Gasteiger charge is -2.35. The topological polar surface area (TPSA) is 36.4 Å². The van der Waals surface area contributed by atoms with Crippen LogP contribution in [0.2, 0.25) is 5.02 Å². The van der Waals surface area contributed by atoms with Gasteiger partial charge in [0.2, 0.25) is 0 Å². The number of carbonyl (C=O) groups excluding carboxylic acids is 1. The Morgan fingerprint density at radius 3 is 2.48 bits per heavy atom. The number of halogens is 2. The van der Waals surface area contributed by atoms with Crippen LogP contribution in [0.25, 0.3) is 22.2 Å². The summed E-state index contributed by atoms with van der Waals surface area (Å²) in [6.45, 7) is 2.04. The molecule has 6 heteroatoms. The number of hydrogen-bond acceptors (Lipinski definition) is 3. The fourth-order valence-corrected chi connectivity index (χ4v) is 4.13. The van der Waals surface area contributed by atoms with Gasteiger partial charge < -0.3 is 22.2 Å². The lowest BCUT2D eigenvalue weighted by Crippen LogP contribution is -3.00. The first kappa shape index (κ1) is 21.6. The van der Waals surface area contributed by atoms with Gasteiger partial charge in [-0.15, -0.1) is 0 Å². The molecule has 1 aliphatic rings. The van der Waals surface area contributed by atoms with Gasteiger partial charge in [-0.2, -0.15) is 0 Å². The maximum absolute atomic E-state index is 13.5. The molecule has 1 fully saturated rings. The number of benzene rings is 2. The van der Waals surface area contributed by atoms with Crippen molar-refractivity contribution in [2.24, 2.45) is 0 Å². The molecule has 2 aromatic carbocycles. The van der Waals surface area contributed by atoms with Crippen molar-refractivity contribution in [3.63, 3.8) is 0 Å². The van der Waals surface area contributed by atoms with Crippen molar-refractivity contribution in [2.45, 2.75) is 18.9 Å². The first-order chi connectivity index (χ1) is 13.5. The maximum Gasteiger partial charge on any atom is 0.254 e. The minimum atomic E-state index is 0. The SMILES string of the molecule is CN1CCC(N(C)C(=O)c2cc(-c3ccccc3Cl)nc3ccccc23)CC1.[Cl-]. The zero-order chi connectivity index (χ0) is 19.7. The van der Waals surface area contributed by atoms with Gasteiger partial charge in [-0.05, 0) is 51.2 Å². The quantitative estimate of drug-likeness (QED) is 0.637. The Labute approximate surface area is 182 Å². The highest BCUT2D eigenvalue weighted by molar-refractivity contribution is 6.33. The fraction of sp³-hybridized carbons (Fsp3) is 0.304. The number of nitrogens with zero attached hydrogens (tertiary/aromatic N) is 3. The molecule has 1 amide bonds. The van der Waals surface area contributed by atoms with E-state index in [-0.39, 0.29) is 24.4 Å². The number of amides is 1. The lowest BCUT2D eigenvalue weighted by atomic mass is 10.00. The van der Waals surface area contributed by atoms with Gasteiger partial charge in [0.25, 0.3) is 5.91 Å². The Balaban J connectivity index is 0.00000240. The zero-order valence-corrected chi connectivity index (χ0v) is 18.1. The first-order valence-electron chi connectivity index (χ1n) is 9.65. The highest BCUT2D eigenvalue weighted by Crippen LogP contribution is 2.30. The number of pyridine rings is 1. The summed E-state index contributed by atoms with van der Waals surface area (Å²) in [5.74, 6) is 0.0430.